The molecule has 146 valence electrons. The third-order valence-electron chi connectivity index (χ3n) is 3.54. The van der Waals surface area contributed by atoms with E-state index in [0.717, 1.165) is 0 Å². The zero-order valence-electron chi connectivity index (χ0n) is 15.1. The summed E-state index contributed by atoms with van der Waals surface area (Å²) in [6.45, 7) is 3.19. The third-order valence-corrected chi connectivity index (χ3v) is 3.78. The van der Waals surface area contributed by atoms with E-state index in [4.69, 9.17) is 26.2 Å². The van der Waals surface area contributed by atoms with Crippen LogP contribution in [0.4, 0.5) is 0 Å². The normalized spacial score (nSPS) is 10.5. The number of ether oxygens (including phenoxy) is 2. The molecule has 0 bridgehead atoms. The Balaban J connectivity index is 2.21. The second-order valence-electron chi connectivity index (χ2n) is 5.60. The number of carboxylic acid groups (broad SMARTS) is 1. The highest BCUT2D eigenvalue weighted by Crippen LogP contribution is 2.33. The van der Waals surface area contributed by atoms with Crippen molar-refractivity contribution in [3.05, 3.63) is 70.8 Å². The number of aliphatic carboxylic acids is 1. The van der Waals surface area contributed by atoms with Crippen LogP contribution in [0, 0.1) is 0 Å². The van der Waals surface area contributed by atoms with Gasteiger partial charge in [-0.15, -0.1) is 6.58 Å². The first kappa shape index (κ1) is 21.0. The maximum atomic E-state index is 12.1. The monoisotopic (exact) mass is 402 g/mol. The molecular weight excluding hydrogens is 384 g/mol. The Morgan fingerprint density at radius 3 is 2.75 bits per heavy atom. The van der Waals surface area contributed by atoms with E-state index < -0.39 is 18.5 Å². The predicted molar refractivity (Wildman–Crippen MR) is 107 cm³/mol. The minimum absolute atomic E-state index is 0.324. The molecular formula is C20H19ClN2O5. The van der Waals surface area contributed by atoms with Crippen LogP contribution in [0.5, 0.6) is 11.5 Å². The average Bonchev–Trinajstić information content (AvgIpc) is 2.66. The summed E-state index contributed by atoms with van der Waals surface area (Å²) >= 11 is 5.87. The van der Waals surface area contributed by atoms with E-state index in [0.29, 0.717) is 39.6 Å². The molecule has 0 aliphatic rings. The number of nitrogens with zero attached hydrogens (tertiary/aromatic N) is 1. The van der Waals surface area contributed by atoms with E-state index >= 15 is 0 Å². The molecule has 2 aromatic rings. The van der Waals surface area contributed by atoms with E-state index in [1.807, 2.05) is 0 Å². The van der Waals surface area contributed by atoms with Crippen LogP contribution >= 0.6 is 11.6 Å². The maximum Gasteiger partial charge on any atom is 0.341 e. The van der Waals surface area contributed by atoms with E-state index in [1.165, 1.54) is 19.4 Å². The number of nitrogens with one attached hydrogen (secondary N) is 1. The molecule has 2 rings (SSSR count). The van der Waals surface area contributed by atoms with Gasteiger partial charge in [0.1, 0.15) is 0 Å². The molecule has 0 spiro atoms. The number of hydrogen-bond acceptors (Lipinski definition) is 5. The number of allylic oxidation sites excluding steroid dienone is 1. The number of hydrogen-bond donors (Lipinski definition) is 2. The first-order valence-electron chi connectivity index (χ1n) is 8.20. The van der Waals surface area contributed by atoms with Crippen LogP contribution in [0.2, 0.25) is 5.02 Å². The number of amides is 1. The number of benzene rings is 2. The second kappa shape index (κ2) is 10.1. The summed E-state index contributed by atoms with van der Waals surface area (Å²) in [6.07, 6.45) is 3.53. The fourth-order valence-electron chi connectivity index (χ4n) is 2.37. The molecule has 0 saturated carbocycles. The molecule has 0 radical (unpaired) electrons. The van der Waals surface area contributed by atoms with Crippen molar-refractivity contribution in [2.75, 3.05) is 13.7 Å². The average molecular weight is 403 g/mol. The highest BCUT2D eigenvalue weighted by atomic mass is 35.5. The van der Waals surface area contributed by atoms with Crippen molar-refractivity contribution in [3.63, 3.8) is 0 Å². The fourth-order valence-corrected chi connectivity index (χ4v) is 2.56. The lowest BCUT2D eigenvalue weighted by molar-refractivity contribution is -0.139. The predicted octanol–water partition coefficient (Wildman–Crippen LogP) is 3.30. The highest BCUT2D eigenvalue weighted by Gasteiger charge is 2.14. The SMILES string of the molecule is C=CCc1cc(/C=N\NC(=O)c2cccc(Cl)c2)cc(OC)c1OCC(=O)O. The number of carbonyl (C=O) groups is 2. The Kier molecular flexibility index (Phi) is 7.59. The summed E-state index contributed by atoms with van der Waals surface area (Å²) in [5.41, 5.74) is 4.11. The van der Waals surface area contributed by atoms with Crippen molar-refractivity contribution >= 4 is 29.7 Å². The molecule has 0 aliphatic heterocycles. The molecule has 28 heavy (non-hydrogen) atoms. The molecule has 0 aliphatic carbocycles. The molecule has 0 fully saturated rings. The maximum absolute atomic E-state index is 12.1. The largest absolute Gasteiger partial charge is 0.493 e. The smallest absolute Gasteiger partial charge is 0.341 e. The van der Waals surface area contributed by atoms with Crippen LogP contribution < -0.4 is 14.9 Å². The lowest BCUT2D eigenvalue weighted by Crippen LogP contribution is -2.17. The van der Waals surface area contributed by atoms with Crippen molar-refractivity contribution in [1.29, 1.82) is 0 Å². The Morgan fingerprint density at radius 2 is 2.11 bits per heavy atom. The Morgan fingerprint density at radius 1 is 1.32 bits per heavy atom. The molecule has 0 unspecified atom stereocenters. The highest BCUT2D eigenvalue weighted by molar-refractivity contribution is 6.30. The zero-order valence-corrected chi connectivity index (χ0v) is 15.9. The molecule has 0 saturated heterocycles. The van der Waals surface area contributed by atoms with Crippen molar-refractivity contribution < 1.29 is 24.2 Å². The fraction of sp³-hybridized carbons (Fsp3) is 0.150. The summed E-state index contributed by atoms with van der Waals surface area (Å²) in [5.74, 6) is -0.826. The summed E-state index contributed by atoms with van der Waals surface area (Å²) in [6, 6.07) is 9.87. The van der Waals surface area contributed by atoms with Gasteiger partial charge in [0.15, 0.2) is 18.1 Å². The molecule has 0 heterocycles. The molecule has 1 amide bonds. The topological polar surface area (TPSA) is 97.2 Å². The minimum atomic E-state index is -1.10. The van der Waals surface area contributed by atoms with Gasteiger partial charge >= 0.3 is 5.97 Å². The number of carbonyl (C=O) groups excluding carboxylic acids is 1. The molecule has 0 aromatic heterocycles. The van der Waals surface area contributed by atoms with Crippen LogP contribution in [-0.2, 0) is 11.2 Å². The molecule has 2 aromatic carbocycles. The third kappa shape index (κ3) is 5.85. The van der Waals surface area contributed by atoms with Crippen LogP contribution in [0.3, 0.4) is 0 Å². The summed E-state index contributed by atoms with van der Waals surface area (Å²) in [5, 5.41) is 13.2. The second-order valence-corrected chi connectivity index (χ2v) is 6.03. The number of halogens is 1. The molecule has 7 nitrogen and oxygen atoms in total. The lowest BCUT2D eigenvalue weighted by Gasteiger charge is -2.14. The van der Waals surface area contributed by atoms with Gasteiger partial charge in [-0.2, -0.15) is 5.10 Å². The standard InChI is InChI=1S/C20H19ClN2O5/c1-3-5-14-8-13(9-17(27-2)19(14)28-12-18(24)25)11-22-23-20(26)15-6-4-7-16(21)10-15/h3-4,6-11H,1,5,12H2,2H3,(H,23,26)(H,24,25)/b22-11-. The van der Waals surface area contributed by atoms with Gasteiger partial charge in [0, 0.05) is 16.1 Å². The number of hydrazone groups is 1. The number of methoxy groups -OCH3 is 1. The Hall–Kier alpha value is -3.32. The van der Waals surface area contributed by atoms with Crippen molar-refractivity contribution in [2.24, 2.45) is 5.10 Å². The van der Waals surface area contributed by atoms with Crippen molar-refractivity contribution in [3.8, 4) is 11.5 Å². The first-order valence-corrected chi connectivity index (χ1v) is 8.57. The zero-order chi connectivity index (χ0) is 20.5. The van der Waals surface area contributed by atoms with E-state index in [-0.39, 0.29) is 0 Å². The van der Waals surface area contributed by atoms with Gasteiger partial charge in [-0.25, -0.2) is 10.2 Å². The minimum Gasteiger partial charge on any atom is -0.493 e. The molecule has 0 atom stereocenters. The van der Waals surface area contributed by atoms with Gasteiger partial charge < -0.3 is 14.6 Å². The summed E-state index contributed by atoms with van der Waals surface area (Å²) in [7, 11) is 1.45. The summed E-state index contributed by atoms with van der Waals surface area (Å²) < 4.78 is 10.6. The van der Waals surface area contributed by atoms with Crippen LogP contribution in [0.15, 0.2) is 54.2 Å². The quantitative estimate of drug-likeness (QED) is 0.381. The molecule has 8 heteroatoms. The number of carboxylic acids is 1. The summed E-state index contributed by atoms with van der Waals surface area (Å²) in [4.78, 5) is 22.9. The van der Waals surface area contributed by atoms with Crippen LogP contribution in [0.1, 0.15) is 21.5 Å². The van der Waals surface area contributed by atoms with Crippen molar-refractivity contribution in [1.82, 2.24) is 5.43 Å². The van der Waals surface area contributed by atoms with Gasteiger partial charge in [0.25, 0.3) is 5.91 Å². The number of rotatable bonds is 9. The van der Waals surface area contributed by atoms with Crippen LogP contribution in [-0.4, -0.2) is 36.9 Å². The first-order chi connectivity index (χ1) is 13.4. The van der Waals surface area contributed by atoms with Gasteiger partial charge in [0.2, 0.25) is 0 Å². The van der Waals surface area contributed by atoms with Gasteiger partial charge in [0.05, 0.1) is 13.3 Å². The van der Waals surface area contributed by atoms with Crippen LogP contribution in [0.25, 0.3) is 0 Å². The van der Waals surface area contributed by atoms with E-state index in [1.54, 1.807) is 36.4 Å². The van der Waals surface area contributed by atoms with Crippen molar-refractivity contribution in [2.45, 2.75) is 6.42 Å². The van der Waals surface area contributed by atoms with Gasteiger partial charge in [-0.1, -0.05) is 23.7 Å². The lowest BCUT2D eigenvalue weighted by atomic mass is 10.1. The Bertz CT molecular complexity index is 911. The van der Waals surface area contributed by atoms with E-state index in [2.05, 4.69) is 17.1 Å². The van der Waals surface area contributed by atoms with Gasteiger partial charge in [-0.05, 0) is 42.3 Å². The molecule has 2 N–H and O–H groups in total. The van der Waals surface area contributed by atoms with Gasteiger partial charge in [-0.3, -0.25) is 4.79 Å². The van der Waals surface area contributed by atoms with E-state index in [9.17, 15) is 9.59 Å². The Labute approximate surface area is 167 Å².